The predicted molar refractivity (Wildman–Crippen MR) is 113 cm³/mol. The van der Waals surface area contributed by atoms with Crippen molar-refractivity contribution in [1.82, 2.24) is 10.3 Å². The van der Waals surface area contributed by atoms with Gasteiger partial charge >= 0.3 is 0 Å². The van der Waals surface area contributed by atoms with Crippen molar-refractivity contribution in [2.45, 2.75) is 11.1 Å². The summed E-state index contributed by atoms with van der Waals surface area (Å²) in [6.07, 6.45) is 1.84. The molecule has 0 spiro atoms. The quantitative estimate of drug-likeness (QED) is 0.829. The third-order valence-corrected chi connectivity index (χ3v) is 7.77. The van der Waals surface area contributed by atoms with E-state index in [0.717, 1.165) is 37.7 Å². The van der Waals surface area contributed by atoms with E-state index in [2.05, 4.69) is 27.3 Å². The molecule has 1 N–H and O–H groups in total. The van der Waals surface area contributed by atoms with Crippen LogP contribution in [0.2, 0.25) is 0 Å². The first-order chi connectivity index (χ1) is 13.3. The van der Waals surface area contributed by atoms with E-state index >= 15 is 0 Å². The molecular weight excluding hydrogens is 378 g/mol. The number of benzene rings is 1. The van der Waals surface area contributed by atoms with Gasteiger partial charge in [-0.15, -0.1) is 23.5 Å². The molecule has 0 bridgehead atoms. The molecule has 2 fully saturated rings. The minimum Gasteiger partial charge on any atom is -0.378 e. The maximum Gasteiger partial charge on any atom is 0.251 e. The van der Waals surface area contributed by atoms with Gasteiger partial charge in [-0.1, -0.05) is 18.2 Å². The van der Waals surface area contributed by atoms with Gasteiger partial charge in [0.1, 0.15) is 5.82 Å². The van der Waals surface area contributed by atoms with E-state index in [0.29, 0.717) is 16.7 Å². The molecule has 0 unspecified atom stereocenters. The molecule has 1 aromatic carbocycles. The Bertz CT molecular complexity index is 756. The van der Waals surface area contributed by atoms with E-state index in [1.165, 1.54) is 17.1 Å². The van der Waals surface area contributed by atoms with Crippen molar-refractivity contribution < 1.29 is 9.53 Å². The second-order valence-electron chi connectivity index (χ2n) is 6.50. The first-order valence-electron chi connectivity index (χ1n) is 9.18. The van der Waals surface area contributed by atoms with Crippen LogP contribution in [-0.4, -0.2) is 48.7 Å². The average molecular weight is 402 g/mol. The Morgan fingerprint density at radius 1 is 1.11 bits per heavy atom. The fraction of sp³-hybridized carbons (Fsp3) is 0.400. The maximum atomic E-state index is 12.4. The lowest BCUT2D eigenvalue weighted by molar-refractivity contribution is 0.0951. The first kappa shape index (κ1) is 18.7. The highest BCUT2D eigenvalue weighted by atomic mass is 32.2. The number of nitrogens with one attached hydrogen (secondary N) is 1. The summed E-state index contributed by atoms with van der Waals surface area (Å²) >= 11 is 3.95. The third kappa shape index (κ3) is 4.78. The Balaban J connectivity index is 1.30. The van der Waals surface area contributed by atoms with E-state index in [1.807, 2.05) is 54.0 Å². The van der Waals surface area contributed by atoms with Crippen molar-refractivity contribution in [2.24, 2.45) is 0 Å². The lowest BCUT2D eigenvalue weighted by Crippen LogP contribution is -2.36. The molecule has 5 nitrogen and oxygen atoms in total. The van der Waals surface area contributed by atoms with Gasteiger partial charge in [-0.2, -0.15) is 0 Å². The van der Waals surface area contributed by atoms with E-state index in [-0.39, 0.29) is 5.91 Å². The highest BCUT2D eigenvalue weighted by Crippen LogP contribution is 2.45. The molecule has 27 heavy (non-hydrogen) atoms. The molecule has 4 rings (SSSR count). The van der Waals surface area contributed by atoms with Crippen molar-refractivity contribution in [2.75, 3.05) is 42.7 Å². The molecule has 0 atom stereocenters. The topological polar surface area (TPSA) is 54.5 Å². The fourth-order valence-electron chi connectivity index (χ4n) is 3.13. The van der Waals surface area contributed by atoms with Crippen LogP contribution in [0.15, 0.2) is 42.6 Å². The smallest absolute Gasteiger partial charge is 0.251 e. The Kier molecular flexibility index (Phi) is 6.21. The molecule has 7 heteroatoms. The van der Waals surface area contributed by atoms with Gasteiger partial charge in [0.25, 0.3) is 5.91 Å². The summed E-state index contributed by atoms with van der Waals surface area (Å²) in [7, 11) is 0. The molecule has 3 heterocycles. The third-order valence-electron chi connectivity index (χ3n) is 4.66. The number of anilines is 1. The van der Waals surface area contributed by atoms with Gasteiger partial charge in [0, 0.05) is 42.9 Å². The molecule has 0 aliphatic carbocycles. The van der Waals surface area contributed by atoms with Crippen LogP contribution in [0.25, 0.3) is 0 Å². The van der Waals surface area contributed by atoms with Crippen molar-refractivity contribution in [3.8, 4) is 0 Å². The summed E-state index contributed by atoms with van der Waals surface area (Å²) in [6.45, 7) is 3.71. The fourth-order valence-corrected chi connectivity index (χ4v) is 5.99. The van der Waals surface area contributed by atoms with E-state index in [1.54, 1.807) is 0 Å². The number of thioether (sulfide) groups is 2. The SMILES string of the molecule is O=C(NCc1ccc(N2CCOCC2)nc1)c1ccc(C2SCCS2)cc1. The molecule has 2 saturated heterocycles. The summed E-state index contributed by atoms with van der Waals surface area (Å²) in [6, 6.07) is 12.0. The first-order valence-corrected chi connectivity index (χ1v) is 11.3. The maximum absolute atomic E-state index is 12.4. The van der Waals surface area contributed by atoms with E-state index < -0.39 is 0 Å². The zero-order chi connectivity index (χ0) is 18.5. The molecule has 2 aromatic rings. The summed E-state index contributed by atoms with van der Waals surface area (Å²) in [5.41, 5.74) is 2.99. The molecule has 0 radical (unpaired) electrons. The number of rotatable bonds is 5. The number of pyridine rings is 1. The normalized spacial score (nSPS) is 17.9. The van der Waals surface area contributed by atoms with Crippen molar-refractivity contribution >= 4 is 35.2 Å². The van der Waals surface area contributed by atoms with Crippen LogP contribution in [0, 0.1) is 0 Å². The van der Waals surface area contributed by atoms with Gasteiger partial charge in [0.2, 0.25) is 0 Å². The zero-order valence-electron chi connectivity index (χ0n) is 15.1. The van der Waals surface area contributed by atoms with E-state index in [9.17, 15) is 4.79 Å². The number of nitrogens with zero attached hydrogens (tertiary/aromatic N) is 2. The zero-order valence-corrected chi connectivity index (χ0v) is 16.7. The van der Waals surface area contributed by atoms with Crippen LogP contribution in [0.1, 0.15) is 26.1 Å². The molecule has 1 amide bonds. The lowest BCUT2D eigenvalue weighted by Gasteiger charge is -2.27. The Morgan fingerprint density at radius 2 is 1.85 bits per heavy atom. The largest absolute Gasteiger partial charge is 0.378 e. The minimum atomic E-state index is -0.0504. The van der Waals surface area contributed by atoms with Gasteiger partial charge in [0.15, 0.2) is 0 Å². The van der Waals surface area contributed by atoms with Gasteiger partial charge in [-0.25, -0.2) is 4.98 Å². The van der Waals surface area contributed by atoms with Crippen LogP contribution >= 0.6 is 23.5 Å². The lowest BCUT2D eigenvalue weighted by atomic mass is 10.1. The Hall–Kier alpha value is -1.70. The number of hydrogen-bond acceptors (Lipinski definition) is 6. The molecule has 0 saturated carbocycles. The second kappa shape index (κ2) is 8.99. The van der Waals surface area contributed by atoms with Crippen LogP contribution in [-0.2, 0) is 11.3 Å². The number of amides is 1. The molecule has 1 aromatic heterocycles. The number of hydrogen-bond donors (Lipinski definition) is 1. The van der Waals surface area contributed by atoms with E-state index in [4.69, 9.17) is 4.74 Å². The average Bonchev–Trinajstić information content (AvgIpc) is 3.28. The van der Waals surface area contributed by atoms with Crippen LogP contribution in [0.5, 0.6) is 0 Å². The summed E-state index contributed by atoms with van der Waals surface area (Å²) in [5, 5.41) is 2.98. The van der Waals surface area contributed by atoms with Gasteiger partial charge < -0.3 is 15.0 Å². The number of morpholine rings is 1. The van der Waals surface area contributed by atoms with Gasteiger partial charge in [0.05, 0.1) is 17.8 Å². The van der Waals surface area contributed by atoms with Gasteiger partial charge in [-0.3, -0.25) is 4.79 Å². The van der Waals surface area contributed by atoms with Crippen LogP contribution in [0.4, 0.5) is 5.82 Å². The molecule has 2 aliphatic heterocycles. The van der Waals surface area contributed by atoms with Crippen LogP contribution in [0.3, 0.4) is 0 Å². The predicted octanol–water partition coefficient (Wildman–Crippen LogP) is 3.33. The summed E-state index contributed by atoms with van der Waals surface area (Å²) in [4.78, 5) is 19.1. The highest BCUT2D eigenvalue weighted by Gasteiger charge is 2.18. The van der Waals surface area contributed by atoms with Gasteiger partial charge in [-0.05, 0) is 29.3 Å². The monoisotopic (exact) mass is 401 g/mol. The number of aromatic nitrogens is 1. The molecular formula is C20H23N3O2S2. The van der Waals surface area contributed by atoms with Crippen molar-refractivity contribution in [1.29, 1.82) is 0 Å². The standard InChI is InChI=1S/C20H23N3O2S2/c24-19(16-2-4-17(5-3-16)20-26-11-12-27-20)22-14-15-1-6-18(21-13-15)23-7-9-25-10-8-23/h1-6,13,20H,7-12,14H2,(H,22,24). The Labute approximate surface area is 168 Å². The Morgan fingerprint density at radius 3 is 2.52 bits per heavy atom. The summed E-state index contributed by atoms with van der Waals surface area (Å²) < 4.78 is 5.88. The molecule has 2 aliphatic rings. The number of carbonyl (C=O) groups excluding carboxylic acids is 1. The highest BCUT2D eigenvalue weighted by molar-refractivity contribution is 8.19. The second-order valence-corrected chi connectivity index (χ2v) is 9.23. The summed E-state index contributed by atoms with van der Waals surface area (Å²) in [5.74, 6) is 3.32. The van der Waals surface area contributed by atoms with Crippen molar-refractivity contribution in [3.05, 3.63) is 59.3 Å². The molecule has 142 valence electrons. The van der Waals surface area contributed by atoms with Crippen LogP contribution < -0.4 is 10.2 Å². The number of carbonyl (C=O) groups is 1. The number of ether oxygens (including phenoxy) is 1. The minimum absolute atomic E-state index is 0.0504. The van der Waals surface area contributed by atoms with Crippen molar-refractivity contribution in [3.63, 3.8) is 0 Å².